The van der Waals surface area contributed by atoms with Crippen molar-refractivity contribution in [1.82, 2.24) is 4.90 Å². The maximum absolute atomic E-state index is 12.3. The summed E-state index contributed by atoms with van der Waals surface area (Å²) < 4.78 is 5.59. The van der Waals surface area contributed by atoms with E-state index < -0.39 is 0 Å². The molecule has 0 bridgehead atoms. The lowest BCUT2D eigenvalue weighted by Crippen LogP contribution is -2.44. The molecule has 0 aromatic heterocycles. The molecule has 7 heteroatoms. The van der Waals surface area contributed by atoms with Gasteiger partial charge in [-0.05, 0) is 31.3 Å². The summed E-state index contributed by atoms with van der Waals surface area (Å²) in [5.41, 5.74) is 1.89. The van der Waals surface area contributed by atoms with E-state index in [0.29, 0.717) is 15.8 Å². The van der Waals surface area contributed by atoms with Crippen LogP contribution in [0.1, 0.15) is 6.42 Å². The van der Waals surface area contributed by atoms with Crippen molar-refractivity contribution in [1.29, 1.82) is 0 Å². The van der Waals surface area contributed by atoms with Crippen LogP contribution < -0.4 is 15.0 Å². The average Bonchev–Trinajstić information content (AvgIpc) is 2.66. The van der Waals surface area contributed by atoms with Gasteiger partial charge >= 0.3 is 0 Å². The molecule has 1 aliphatic heterocycles. The van der Waals surface area contributed by atoms with Gasteiger partial charge in [0.1, 0.15) is 5.75 Å². The molecule has 1 saturated heterocycles. The fraction of sp³-hybridized carbons (Fsp3) is 0.350. The summed E-state index contributed by atoms with van der Waals surface area (Å²) >= 11 is 11.8. The number of halogens is 2. The van der Waals surface area contributed by atoms with E-state index in [1.165, 1.54) is 0 Å². The molecule has 2 aromatic carbocycles. The van der Waals surface area contributed by atoms with Crippen molar-refractivity contribution in [3.05, 3.63) is 52.5 Å². The molecule has 1 N–H and O–H groups in total. The third-order valence-electron chi connectivity index (χ3n) is 4.51. The van der Waals surface area contributed by atoms with E-state index >= 15 is 0 Å². The largest absolute Gasteiger partial charge is 0.493 e. The summed E-state index contributed by atoms with van der Waals surface area (Å²) in [4.78, 5) is 17.0. The fourth-order valence-electron chi connectivity index (χ4n) is 2.94. The van der Waals surface area contributed by atoms with Crippen molar-refractivity contribution in [2.24, 2.45) is 0 Å². The molecule has 2 aromatic rings. The van der Waals surface area contributed by atoms with Gasteiger partial charge in [-0.2, -0.15) is 0 Å². The second kappa shape index (κ2) is 9.31. The van der Waals surface area contributed by atoms with Gasteiger partial charge in [-0.25, -0.2) is 0 Å². The number of hydrogen-bond donors (Lipinski definition) is 1. The second-order valence-corrected chi connectivity index (χ2v) is 7.34. The van der Waals surface area contributed by atoms with E-state index in [1.54, 1.807) is 18.2 Å². The molecule has 1 aliphatic rings. The molecule has 0 spiro atoms. The van der Waals surface area contributed by atoms with Crippen LogP contribution in [0.15, 0.2) is 42.5 Å². The van der Waals surface area contributed by atoms with Crippen LogP contribution in [0.4, 0.5) is 11.4 Å². The van der Waals surface area contributed by atoms with Crippen molar-refractivity contribution < 1.29 is 9.53 Å². The lowest BCUT2D eigenvalue weighted by atomic mass is 10.2. The van der Waals surface area contributed by atoms with Crippen LogP contribution in [0.25, 0.3) is 0 Å². The Morgan fingerprint density at radius 3 is 2.56 bits per heavy atom. The van der Waals surface area contributed by atoms with Crippen LogP contribution in [-0.4, -0.2) is 50.6 Å². The Labute approximate surface area is 169 Å². The van der Waals surface area contributed by atoms with Crippen molar-refractivity contribution in [2.45, 2.75) is 6.42 Å². The van der Waals surface area contributed by atoms with Gasteiger partial charge in [-0.15, -0.1) is 0 Å². The number of anilines is 2. The topological polar surface area (TPSA) is 44.8 Å². The molecular formula is C20H23Cl2N3O2. The number of nitrogens with one attached hydrogen (secondary N) is 1. The highest BCUT2D eigenvalue weighted by Crippen LogP contribution is 2.27. The van der Waals surface area contributed by atoms with Crippen LogP contribution in [-0.2, 0) is 4.79 Å². The summed E-state index contributed by atoms with van der Waals surface area (Å²) in [7, 11) is 2.12. The van der Waals surface area contributed by atoms with Gasteiger partial charge < -0.3 is 19.9 Å². The molecule has 3 rings (SSSR count). The van der Waals surface area contributed by atoms with Crippen LogP contribution in [0, 0.1) is 0 Å². The van der Waals surface area contributed by atoms with Gasteiger partial charge in [0.05, 0.1) is 34.4 Å². The Morgan fingerprint density at radius 1 is 1.07 bits per heavy atom. The molecular weight excluding hydrogens is 385 g/mol. The summed E-state index contributed by atoms with van der Waals surface area (Å²) in [6, 6.07) is 13.0. The Kier molecular flexibility index (Phi) is 6.83. The molecule has 1 fully saturated rings. The summed E-state index contributed by atoms with van der Waals surface area (Å²) in [6.45, 7) is 4.19. The quantitative estimate of drug-likeness (QED) is 0.780. The maximum atomic E-state index is 12.3. The number of carbonyl (C=O) groups excluding carboxylic acids is 1. The van der Waals surface area contributed by atoms with E-state index in [1.807, 2.05) is 24.3 Å². The monoisotopic (exact) mass is 407 g/mol. The van der Waals surface area contributed by atoms with Crippen molar-refractivity contribution in [3.63, 3.8) is 0 Å². The SMILES string of the molecule is CN1CCN(c2ccccc2NC(=O)CCOc2ccc(Cl)c(Cl)c2)CC1. The molecule has 0 radical (unpaired) electrons. The molecule has 0 atom stereocenters. The number of rotatable bonds is 6. The van der Waals surface area contributed by atoms with Crippen molar-refractivity contribution in [3.8, 4) is 5.75 Å². The van der Waals surface area contributed by atoms with E-state index in [0.717, 1.165) is 37.6 Å². The molecule has 0 aliphatic carbocycles. The molecule has 5 nitrogen and oxygen atoms in total. The Bertz CT molecular complexity index is 793. The maximum Gasteiger partial charge on any atom is 0.227 e. The first-order valence-corrected chi connectivity index (χ1v) is 9.69. The number of ether oxygens (including phenoxy) is 1. The van der Waals surface area contributed by atoms with Gasteiger partial charge in [0, 0.05) is 32.2 Å². The number of hydrogen-bond acceptors (Lipinski definition) is 4. The molecule has 1 amide bonds. The minimum Gasteiger partial charge on any atom is -0.493 e. The Balaban J connectivity index is 1.54. The standard InChI is InChI=1S/C20H23Cl2N3O2/c1-24-9-11-25(12-10-24)19-5-3-2-4-18(19)23-20(26)8-13-27-15-6-7-16(21)17(22)14-15/h2-7,14H,8-13H2,1H3,(H,23,26). The highest BCUT2D eigenvalue weighted by Gasteiger charge is 2.17. The lowest BCUT2D eigenvalue weighted by molar-refractivity contribution is -0.116. The lowest BCUT2D eigenvalue weighted by Gasteiger charge is -2.35. The highest BCUT2D eigenvalue weighted by atomic mass is 35.5. The Hall–Kier alpha value is -1.95. The first-order valence-electron chi connectivity index (χ1n) is 8.93. The first kappa shape index (κ1) is 19.8. The third kappa shape index (κ3) is 5.51. The Morgan fingerprint density at radius 2 is 1.81 bits per heavy atom. The van der Waals surface area contributed by atoms with Gasteiger partial charge in [-0.3, -0.25) is 4.79 Å². The number of benzene rings is 2. The van der Waals surface area contributed by atoms with Crippen molar-refractivity contribution >= 4 is 40.5 Å². The number of piperazine rings is 1. The number of amides is 1. The molecule has 0 saturated carbocycles. The zero-order valence-corrected chi connectivity index (χ0v) is 16.8. The summed E-state index contributed by atoms with van der Waals surface area (Å²) in [6.07, 6.45) is 0.247. The van der Waals surface area contributed by atoms with E-state index in [9.17, 15) is 4.79 Å². The second-order valence-electron chi connectivity index (χ2n) is 6.53. The van der Waals surface area contributed by atoms with E-state index in [2.05, 4.69) is 22.2 Å². The minimum absolute atomic E-state index is 0.0864. The predicted molar refractivity (Wildman–Crippen MR) is 111 cm³/mol. The van der Waals surface area contributed by atoms with Gasteiger partial charge in [0.15, 0.2) is 0 Å². The molecule has 1 heterocycles. The summed E-state index contributed by atoms with van der Waals surface area (Å²) in [5.74, 6) is 0.506. The van der Waals surface area contributed by atoms with Gasteiger partial charge in [0.25, 0.3) is 0 Å². The average molecular weight is 408 g/mol. The van der Waals surface area contributed by atoms with Crippen LogP contribution in [0.3, 0.4) is 0 Å². The number of para-hydroxylation sites is 2. The van der Waals surface area contributed by atoms with Gasteiger partial charge in [0.2, 0.25) is 5.91 Å². The smallest absolute Gasteiger partial charge is 0.227 e. The minimum atomic E-state index is -0.0864. The number of carbonyl (C=O) groups is 1. The van der Waals surface area contributed by atoms with Crippen molar-refractivity contribution in [2.75, 3.05) is 50.1 Å². The molecule has 144 valence electrons. The van der Waals surface area contributed by atoms with Crippen LogP contribution in [0.2, 0.25) is 10.0 Å². The van der Waals surface area contributed by atoms with E-state index in [4.69, 9.17) is 27.9 Å². The van der Waals surface area contributed by atoms with Gasteiger partial charge in [-0.1, -0.05) is 35.3 Å². The molecule has 27 heavy (non-hydrogen) atoms. The summed E-state index contributed by atoms with van der Waals surface area (Å²) in [5, 5.41) is 3.91. The van der Waals surface area contributed by atoms with Crippen LogP contribution >= 0.6 is 23.2 Å². The van der Waals surface area contributed by atoms with E-state index in [-0.39, 0.29) is 18.9 Å². The third-order valence-corrected chi connectivity index (χ3v) is 5.25. The normalized spacial score (nSPS) is 14.9. The zero-order chi connectivity index (χ0) is 19.2. The van der Waals surface area contributed by atoms with Crippen LogP contribution in [0.5, 0.6) is 5.75 Å². The molecule has 0 unspecified atom stereocenters. The first-order chi connectivity index (χ1) is 13.0. The zero-order valence-electron chi connectivity index (χ0n) is 15.3. The number of nitrogens with zero attached hydrogens (tertiary/aromatic N) is 2. The number of likely N-dealkylation sites (N-methyl/N-ethyl adjacent to an activating group) is 1. The highest BCUT2D eigenvalue weighted by molar-refractivity contribution is 6.42. The predicted octanol–water partition coefficient (Wildman–Crippen LogP) is 4.15. The fourth-order valence-corrected chi connectivity index (χ4v) is 3.23.